The second-order valence-corrected chi connectivity index (χ2v) is 8.49. The molecule has 2 aromatic heterocycles. The van der Waals surface area contributed by atoms with Gasteiger partial charge < -0.3 is 10.3 Å². The zero-order valence-corrected chi connectivity index (χ0v) is 18.0. The molecule has 0 radical (unpaired) electrons. The van der Waals surface area contributed by atoms with Crippen LogP contribution < -0.4 is 10.0 Å². The molecule has 0 saturated heterocycles. The van der Waals surface area contributed by atoms with Crippen molar-refractivity contribution >= 4 is 38.5 Å². The summed E-state index contributed by atoms with van der Waals surface area (Å²) >= 11 is 0. The highest BCUT2D eigenvalue weighted by Crippen LogP contribution is 2.29. The molecule has 0 aliphatic carbocycles. The highest BCUT2D eigenvalue weighted by Gasteiger charge is 2.27. The molecule has 3 aromatic rings. The first kappa shape index (κ1) is 22.6. The largest absolute Gasteiger partial charge is 0.369 e. The van der Waals surface area contributed by atoms with E-state index in [1.807, 2.05) is 11.6 Å². The number of rotatable bonds is 9. The van der Waals surface area contributed by atoms with Gasteiger partial charge in [-0.25, -0.2) is 18.7 Å². The third-order valence-corrected chi connectivity index (χ3v) is 6.23. The fraction of sp³-hybridized carbons (Fsp3) is 0.316. The standard InChI is InChI=1S/C19H22F2N6O3S/c1-4-8-22-18-14-11(9-23-19(14)25-10-24-18)17(28)15-12(20)6-7-13(16(15)21)26-31(29,30)27(3)5-2/h6-7,9-10,26H,4-5,8H2,1-3H3,(H2,22,23,24,25). The van der Waals surface area contributed by atoms with Crippen LogP contribution in [0.5, 0.6) is 0 Å². The van der Waals surface area contributed by atoms with Gasteiger partial charge in [0.1, 0.15) is 23.6 Å². The summed E-state index contributed by atoms with van der Waals surface area (Å²) in [5.74, 6) is -3.06. The summed E-state index contributed by atoms with van der Waals surface area (Å²) in [6.07, 6.45) is 3.38. The van der Waals surface area contributed by atoms with Crippen LogP contribution in [0.3, 0.4) is 0 Å². The molecular weight excluding hydrogens is 430 g/mol. The number of halogens is 2. The minimum absolute atomic E-state index is 0.0438. The van der Waals surface area contributed by atoms with E-state index in [0.717, 1.165) is 22.9 Å². The fourth-order valence-corrected chi connectivity index (χ4v) is 3.81. The van der Waals surface area contributed by atoms with Crippen LogP contribution in [0.4, 0.5) is 20.3 Å². The molecule has 3 rings (SSSR count). The van der Waals surface area contributed by atoms with Crippen molar-refractivity contribution in [1.29, 1.82) is 0 Å². The van der Waals surface area contributed by atoms with Gasteiger partial charge >= 0.3 is 10.2 Å². The number of fused-ring (bicyclic) bond motifs is 1. The van der Waals surface area contributed by atoms with Crippen LogP contribution in [-0.2, 0) is 10.2 Å². The molecule has 9 nitrogen and oxygen atoms in total. The third kappa shape index (κ3) is 4.35. The number of benzene rings is 1. The minimum Gasteiger partial charge on any atom is -0.369 e. The van der Waals surface area contributed by atoms with Crippen molar-refractivity contribution in [1.82, 2.24) is 19.3 Å². The van der Waals surface area contributed by atoms with Crippen LogP contribution in [0.15, 0.2) is 24.7 Å². The van der Waals surface area contributed by atoms with Crippen LogP contribution in [0, 0.1) is 11.6 Å². The first-order valence-corrected chi connectivity index (χ1v) is 11.0. The Hall–Kier alpha value is -3.12. The second kappa shape index (κ2) is 8.94. The maximum atomic E-state index is 15.1. The normalized spacial score (nSPS) is 11.8. The first-order valence-electron chi connectivity index (χ1n) is 9.53. The Bertz CT molecular complexity index is 1230. The molecule has 31 heavy (non-hydrogen) atoms. The number of nitrogens with zero attached hydrogens (tertiary/aromatic N) is 3. The van der Waals surface area contributed by atoms with Crippen LogP contribution in [0.2, 0.25) is 0 Å². The quantitative estimate of drug-likeness (QED) is 0.430. The van der Waals surface area contributed by atoms with Crippen molar-refractivity contribution in [2.75, 3.05) is 30.2 Å². The monoisotopic (exact) mass is 452 g/mol. The Morgan fingerprint density at radius 1 is 1.23 bits per heavy atom. The van der Waals surface area contributed by atoms with Crippen molar-refractivity contribution in [2.24, 2.45) is 0 Å². The van der Waals surface area contributed by atoms with E-state index in [-0.39, 0.29) is 17.5 Å². The van der Waals surface area contributed by atoms with E-state index < -0.39 is 38.9 Å². The molecule has 0 aliphatic rings. The predicted molar refractivity (Wildman–Crippen MR) is 113 cm³/mol. The van der Waals surface area contributed by atoms with Gasteiger partial charge in [0.05, 0.1) is 22.2 Å². The van der Waals surface area contributed by atoms with E-state index in [9.17, 15) is 17.6 Å². The molecule has 0 unspecified atom stereocenters. The Balaban J connectivity index is 2.09. The first-order chi connectivity index (χ1) is 14.7. The zero-order valence-electron chi connectivity index (χ0n) is 17.2. The Labute approximate surface area is 178 Å². The maximum Gasteiger partial charge on any atom is 0.301 e. The Morgan fingerprint density at radius 3 is 2.65 bits per heavy atom. The van der Waals surface area contributed by atoms with Crippen LogP contribution in [0.25, 0.3) is 11.0 Å². The molecule has 166 valence electrons. The number of carbonyl (C=O) groups is 1. The molecule has 0 atom stereocenters. The highest BCUT2D eigenvalue weighted by molar-refractivity contribution is 7.90. The SMILES string of the molecule is CCCNc1ncnc2[nH]cc(C(=O)c3c(F)ccc(NS(=O)(=O)N(C)CC)c3F)c12. The lowest BCUT2D eigenvalue weighted by molar-refractivity contribution is 0.103. The molecule has 0 aliphatic heterocycles. The molecule has 3 N–H and O–H groups in total. The van der Waals surface area contributed by atoms with Gasteiger partial charge in [0.15, 0.2) is 5.82 Å². The third-order valence-electron chi connectivity index (χ3n) is 4.67. The van der Waals surface area contributed by atoms with Crippen LogP contribution in [0.1, 0.15) is 36.2 Å². The van der Waals surface area contributed by atoms with Gasteiger partial charge in [0, 0.05) is 26.3 Å². The smallest absolute Gasteiger partial charge is 0.301 e. The number of aromatic nitrogens is 3. The fourth-order valence-electron chi connectivity index (χ4n) is 2.88. The highest BCUT2D eigenvalue weighted by atomic mass is 32.2. The van der Waals surface area contributed by atoms with Crippen LogP contribution in [-0.4, -0.2) is 53.6 Å². The minimum atomic E-state index is -4.07. The summed E-state index contributed by atoms with van der Waals surface area (Å²) in [6.45, 7) is 4.24. The van der Waals surface area contributed by atoms with Gasteiger partial charge in [0.2, 0.25) is 5.78 Å². The summed E-state index contributed by atoms with van der Waals surface area (Å²) in [4.78, 5) is 24.1. The van der Waals surface area contributed by atoms with Crippen molar-refractivity contribution in [3.8, 4) is 0 Å². The molecule has 2 heterocycles. The number of anilines is 2. The number of hydrogen-bond donors (Lipinski definition) is 3. The molecule has 0 amide bonds. The van der Waals surface area contributed by atoms with E-state index in [1.165, 1.54) is 19.6 Å². The van der Waals surface area contributed by atoms with Gasteiger partial charge in [-0.1, -0.05) is 13.8 Å². The van der Waals surface area contributed by atoms with Crippen molar-refractivity contribution < 1.29 is 22.0 Å². The van der Waals surface area contributed by atoms with Gasteiger partial charge in [-0.05, 0) is 18.6 Å². The van der Waals surface area contributed by atoms with E-state index in [2.05, 4.69) is 20.3 Å². The van der Waals surface area contributed by atoms with E-state index in [4.69, 9.17) is 0 Å². The van der Waals surface area contributed by atoms with Crippen molar-refractivity contribution in [2.45, 2.75) is 20.3 Å². The predicted octanol–water partition coefficient (Wildman–Crippen LogP) is 2.90. The number of aromatic amines is 1. The van der Waals surface area contributed by atoms with E-state index >= 15 is 4.39 Å². The summed E-state index contributed by atoms with van der Waals surface area (Å²) in [5.41, 5.74) is -1.15. The molecule has 1 aromatic carbocycles. The molecule has 0 bridgehead atoms. The van der Waals surface area contributed by atoms with Crippen molar-refractivity contribution in [3.63, 3.8) is 0 Å². The van der Waals surface area contributed by atoms with Gasteiger partial charge in [0.25, 0.3) is 0 Å². The average Bonchev–Trinajstić information content (AvgIpc) is 3.18. The second-order valence-electron chi connectivity index (χ2n) is 6.71. The van der Waals surface area contributed by atoms with Gasteiger partial charge in [-0.3, -0.25) is 9.52 Å². The summed E-state index contributed by atoms with van der Waals surface area (Å²) < 4.78 is 57.1. The molecular formula is C19H22F2N6O3S. The zero-order chi connectivity index (χ0) is 22.8. The average molecular weight is 452 g/mol. The number of H-pyrrole nitrogens is 1. The summed E-state index contributed by atoms with van der Waals surface area (Å²) in [5, 5.41) is 3.34. The molecule has 0 fully saturated rings. The Morgan fingerprint density at radius 2 is 1.97 bits per heavy atom. The van der Waals surface area contributed by atoms with Gasteiger partial charge in [-0.2, -0.15) is 12.7 Å². The van der Waals surface area contributed by atoms with E-state index in [0.29, 0.717) is 18.0 Å². The molecule has 12 heteroatoms. The van der Waals surface area contributed by atoms with Crippen molar-refractivity contribution in [3.05, 3.63) is 47.4 Å². The summed E-state index contributed by atoms with van der Waals surface area (Å²) in [7, 11) is -2.78. The maximum absolute atomic E-state index is 15.1. The summed E-state index contributed by atoms with van der Waals surface area (Å²) in [6, 6.07) is 1.76. The number of hydrogen-bond acceptors (Lipinski definition) is 6. The number of nitrogens with one attached hydrogen (secondary N) is 3. The topological polar surface area (TPSA) is 120 Å². The number of carbonyl (C=O) groups excluding carboxylic acids is 1. The molecule has 0 spiro atoms. The lowest BCUT2D eigenvalue weighted by Gasteiger charge is -2.17. The van der Waals surface area contributed by atoms with E-state index in [1.54, 1.807) is 6.92 Å². The van der Waals surface area contributed by atoms with Crippen LogP contribution >= 0.6 is 0 Å². The molecule has 0 saturated carbocycles. The Kier molecular flexibility index (Phi) is 6.51. The van der Waals surface area contributed by atoms with Gasteiger partial charge in [-0.15, -0.1) is 0 Å². The lowest BCUT2D eigenvalue weighted by atomic mass is 10.0. The number of ketones is 1. The lowest BCUT2D eigenvalue weighted by Crippen LogP contribution is -2.32.